The van der Waals surface area contributed by atoms with Crippen molar-refractivity contribution in [3.05, 3.63) is 29.3 Å². The second-order valence-corrected chi connectivity index (χ2v) is 7.17. The first-order valence-corrected chi connectivity index (χ1v) is 7.78. The van der Waals surface area contributed by atoms with Crippen molar-refractivity contribution in [1.29, 1.82) is 0 Å². The van der Waals surface area contributed by atoms with Crippen molar-refractivity contribution in [2.45, 2.75) is 45.0 Å². The number of fused-ring (bicyclic) bond motifs is 1. The lowest BCUT2D eigenvalue weighted by atomic mass is 9.93. The molecule has 1 aliphatic rings. The average molecular weight is 344 g/mol. The number of rotatable bonds is 1. The van der Waals surface area contributed by atoms with E-state index in [9.17, 15) is 18.0 Å². The van der Waals surface area contributed by atoms with Crippen LogP contribution >= 0.6 is 0 Å². The summed E-state index contributed by atoms with van der Waals surface area (Å²) < 4.78 is 44.5. The van der Waals surface area contributed by atoms with Gasteiger partial charge in [-0.15, -0.1) is 0 Å². The summed E-state index contributed by atoms with van der Waals surface area (Å²) in [5.74, 6) is 0. The molecule has 1 heterocycles. The minimum absolute atomic E-state index is 0.180. The van der Waals surface area contributed by atoms with Gasteiger partial charge in [0.15, 0.2) is 0 Å². The molecule has 0 spiro atoms. The van der Waals surface area contributed by atoms with Crippen molar-refractivity contribution < 1.29 is 22.7 Å². The van der Waals surface area contributed by atoms with Gasteiger partial charge in [0.05, 0.1) is 11.3 Å². The third kappa shape index (κ3) is 4.01. The Morgan fingerprint density at radius 3 is 2.38 bits per heavy atom. The van der Waals surface area contributed by atoms with Gasteiger partial charge in [0.25, 0.3) is 0 Å². The van der Waals surface area contributed by atoms with Crippen LogP contribution in [0.5, 0.6) is 0 Å². The molecule has 0 saturated carbocycles. The summed E-state index contributed by atoms with van der Waals surface area (Å²) in [6.07, 6.45) is -4.42. The molecule has 134 valence electrons. The third-order valence-electron chi connectivity index (χ3n) is 3.87. The number of anilines is 1. The van der Waals surface area contributed by atoms with Crippen LogP contribution in [0.4, 0.5) is 23.7 Å². The van der Waals surface area contributed by atoms with E-state index < -0.39 is 23.4 Å². The van der Waals surface area contributed by atoms with E-state index in [1.165, 1.54) is 11.0 Å². The number of nitrogens with zero attached hydrogens (tertiary/aromatic N) is 2. The molecule has 4 nitrogen and oxygen atoms in total. The molecule has 1 aromatic rings. The van der Waals surface area contributed by atoms with Gasteiger partial charge in [-0.2, -0.15) is 13.2 Å². The van der Waals surface area contributed by atoms with E-state index >= 15 is 0 Å². The normalized spacial score (nSPS) is 18.5. The Labute approximate surface area is 140 Å². The monoisotopic (exact) mass is 344 g/mol. The largest absolute Gasteiger partial charge is 0.443 e. The number of halogens is 3. The maximum absolute atomic E-state index is 13.0. The first kappa shape index (κ1) is 18.6. The van der Waals surface area contributed by atoms with Gasteiger partial charge in [-0.25, -0.2) is 4.79 Å². The Hall–Kier alpha value is -1.76. The fourth-order valence-electron chi connectivity index (χ4n) is 2.81. The van der Waals surface area contributed by atoms with E-state index in [0.29, 0.717) is 24.2 Å². The zero-order valence-electron chi connectivity index (χ0n) is 14.6. The van der Waals surface area contributed by atoms with Crippen LogP contribution in [0.3, 0.4) is 0 Å². The van der Waals surface area contributed by atoms with Gasteiger partial charge in [-0.3, -0.25) is 4.90 Å². The molecule has 24 heavy (non-hydrogen) atoms. The van der Waals surface area contributed by atoms with Crippen molar-refractivity contribution in [3.63, 3.8) is 0 Å². The highest BCUT2D eigenvalue weighted by Crippen LogP contribution is 2.40. The number of ether oxygens (including phenoxy) is 1. The zero-order valence-corrected chi connectivity index (χ0v) is 14.6. The highest BCUT2D eigenvalue weighted by molar-refractivity contribution is 5.89. The summed E-state index contributed by atoms with van der Waals surface area (Å²) in [6.45, 7) is 5.66. The van der Waals surface area contributed by atoms with Crippen LogP contribution in [0.2, 0.25) is 0 Å². The Bertz CT molecular complexity index is 621. The number of carbonyl (C=O) groups is 1. The molecule has 1 amide bonds. The van der Waals surface area contributed by atoms with E-state index in [1.807, 2.05) is 19.0 Å². The van der Waals surface area contributed by atoms with Gasteiger partial charge in [-0.1, -0.05) is 0 Å². The predicted molar refractivity (Wildman–Crippen MR) is 86.1 cm³/mol. The molecule has 0 bridgehead atoms. The highest BCUT2D eigenvalue weighted by atomic mass is 19.4. The van der Waals surface area contributed by atoms with Crippen LogP contribution in [-0.4, -0.2) is 37.2 Å². The number of carbonyl (C=O) groups excluding carboxylic acids is 1. The predicted octanol–water partition coefficient (Wildman–Crippen LogP) is 4.45. The second kappa shape index (κ2) is 6.27. The van der Waals surface area contributed by atoms with Gasteiger partial charge >= 0.3 is 12.3 Å². The molecule has 0 fully saturated rings. The van der Waals surface area contributed by atoms with Gasteiger partial charge in [0.1, 0.15) is 5.60 Å². The summed E-state index contributed by atoms with van der Waals surface area (Å²) in [6, 6.07) is 3.32. The summed E-state index contributed by atoms with van der Waals surface area (Å²) in [4.78, 5) is 15.7. The average Bonchev–Trinajstić information content (AvgIpc) is 2.42. The lowest BCUT2D eigenvalue weighted by Gasteiger charge is -2.38. The van der Waals surface area contributed by atoms with Crippen molar-refractivity contribution in [1.82, 2.24) is 4.90 Å². The van der Waals surface area contributed by atoms with E-state index in [1.54, 1.807) is 20.8 Å². The van der Waals surface area contributed by atoms with Crippen LogP contribution in [0.25, 0.3) is 0 Å². The lowest BCUT2D eigenvalue weighted by molar-refractivity contribution is -0.137. The van der Waals surface area contributed by atoms with E-state index in [-0.39, 0.29) is 6.04 Å². The van der Waals surface area contributed by atoms with Crippen molar-refractivity contribution in [3.8, 4) is 0 Å². The quantitative estimate of drug-likeness (QED) is 0.754. The van der Waals surface area contributed by atoms with Crippen LogP contribution in [-0.2, 0) is 10.9 Å². The van der Waals surface area contributed by atoms with Crippen LogP contribution in [0, 0.1) is 0 Å². The Morgan fingerprint density at radius 2 is 1.88 bits per heavy atom. The first-order chi connectivity index (χ1) is 10.9. The minimum atomic E-state index is -4.42. The molecule has 1 aromatic carbocycles. The maximum Gasteiger partial charge on any atom is 0.416 e. The Kier molecular flexibility index (Phi) is 4.86. The molecular weight excluding hydrogens is 321 g/mol. The molecular formula is C17H23F3N2O2. The molecule has 7 heteroatoms. The molecule has 2 rings (SSSR count). The third-order valence-corrected chi connectivity index (χ3v) is 3.87. The van der Waals surface area contributed by atoms with Crippen molar-refractivity contribution >= 4 is 11.8 Å². The Balaban J connectivity index is 2.45. The molecule has 0 saturated heterocycles. The van der Waals surface area contributed by atoms with Gasteiger partial charge in [-0.05, 0) is 65.0 Å². The van der Waals surface area contributed by atoms with E-state index in [4.69, 9.17) is 4.74 Å². The van der Waals surface area contributed by atoms with Gasteiger partial charge in [0, 0.05) is 12.6 Å². The smallest absolute Gasteiger partial charge is 0.416 e. The number of benzene rings is 1. The molecule has 1 aliphatic heterocycles. The fourth-order valence-corrected chi connectivity index (χ4v) is 2.81. The SMILES string of the molecule is CN(C)C1CCN(C(=O)OC(C)(C)C)c2ccc(C(F)(F)F)cc21. The molecule has 0 N–H and O–H groups in total. The molecule has 1 atom stereocenters. The van der Waals surface area contributed by atoms with Gasteiger partial charge in [0.2, 0.25) is 0 Å². The highest BCUT2D eigenvalue weighted by Gasteiger charge is 2.36. The molecule has 0 aliphatic carbocycles. The molecule has 1 unspecified atom stereocenters. The maximum atomic E-state index is 13.0. The van der Waals surface area contributed by atoms with E-state index in [2.05, 4.69) is 0 Å². The first-order valence-electron chi connectivity index (χ1n) is 7.78. The Morgan fingerprint density at radius 1 is 1.25 bits per heavy atom. The standard InChI is InChI=1S/C17H23F3N2O2/c1-16(2,3)24-15(23)22-9-8-13(21(4)5)12-10-11(17(18,19)20)6-7-14(12)22/h6-7,10,13H,8-9H2,1-5H3. The second-order valence-electron chi connectivity index (χ2n) is 7.17. The van der Waals surface area contributed by atoms with Crippen LogP contribution in [0.1, 0.15) is 44.4 Å². The topological polar surface area (TPSA) is 32.8 Å². The minimum Gasteiger partial charge on any atom is -0.443 e. The van der Waals surface area contributed by atoms with Crippen LogP contribution in [0.15, 0.2) is 18.2 Å². The lowest BCUT2D eigenvalue weighted by Crippen LogP contribution is -2.42. The summed E-state index contributed by atoms with van der Waals surface area (Å²) in [7, 11) is 3.63. The summed E-state index contributed by atoms with van der Waals surface area (Å²) in [5.41, 5.74) is -0.407. The number of hydrogen-bond acceptors (Lipinski definition) is 3. The molecule has 0 aromatic heterocycles. The van der Waals surface area contributed by atoms with Crippen molar-refractivity contribution in [2.75, 3.05) is 25.5 Å². The number of amides is 1. The summed E-state index contributed by atoms with van der Waals surface area (Å²) in [5, 5.41) is 0. The van der Waals surface area contributed by atoms with Gasteiger partial charge < -0.3 is 9.64 Å². The zero-order chi connectivity index (χ0) is 18.3. The fraction of sp³-hybridized carbons (Fsp3) is 0.588. The number of hydrogen-bond donors (Lipinski definition) is 0. The van der Waals surface area contributed by atoms with Crippen LogP contribution < -0.4 is 4.90 Å². The molecule has 0 radical (unpaired) electrons. The number of alkyl halides is 3. The summed E-state index contributed by atoms with van der Waals surface area (Å²) >= 11 is 0. The van der Waals surface area contributed by atoms with E-state index in [0.717, 1.165) is 12.1 Å². The van der Waals surface area contributed by atoms with Crippen molar-refractivity contribution in [2.24, 2.45) is 0 Å².